The standard InChI is InChI=1S/C14H19N3O/c1-16-9-7-15-12(10-16)14(18)17-8-6-11-4-2-3-5-13(11)17/h2-5,12,15H,6-10H2,1H3. The normalized spacial score (nSPS) is 24.1. The Morgan fingerprint density at radius 1 is 1.33 bits per heavy atom. The number of hydrogen-bond donors (Lipinski definition) is 1. The van der Waals surface area contributed by atoms with Gasteiger partial charge in [0.05, 0.1) is 0 Å². The SMILES string of the molecule is CN1CCNC(C(=O)N2CCc3ccccc32)C1. The van der Waals surface area contributed by atoms with Gasteiger partial charge in [0.1, 0.15) is 6.04 Å². The number of carbonyl (C=O) groups is 1. The molecule has 1 aromatic carbocycles. The van der Waals surface area contributed by atoms with Crippen molar-refractivity contribution < 1.29 is 4.79 Å². The summed E-state index contributed by atoms with van der Waals surface area (Å²) >= 11 is 0. The van der Waals surface area contributed by atoms with E-state index in [2.05, 4.69) is 23.3 Å². The number of benzene rings is 1. The van der Waals surface area contributed by atoms with E-state index in [0.717, 1.165) is 38.3 Å². The highest BCUT2D eigenvalue weighted by atomic mass is 16.2. The number of nitrogens with zero attached hydrogens (tertiary/aromatic N) is 2. The lowest BCUT2D eigenvalue weighted by Gasteiger charge is -2.32. The number of fused-ring (bicyclic) bond motifs is 1. The largest absolute Gasteiger partial charge is 0.310 e. The molecule has 2 aliphatic rings. The molecule has 4 nitrogen and oxygen atoms in total. The fourth-order valence-electron chi connectivity index (χ4n) is 2.82. The number of likely N-dealkylation sites (N-methyl/N-ethyl adjacent to an activating group) is 1. The zero-order valence-corrected chi connectivity index (χ0v) is 10.7. The number of hydrogen-bond acceptors (Lipinski definition) is 3. The molecule has 1 aromatic rings. The van der Waals surface area contributed by atoms with Gasteiger partial charge in [-0.15, -0.1) is 0 Å². The number of amides is 1. The van der Waals surface area contributed by atoms with Crippen LogP contribution >= 0.6 is 0 Å². The van der Waals surface area contributed by atoms with Crippen LogP contribution in [-0.4, -0.2) is 50.1 Å². The lowest BCUT2D eigenvalue weighted by molar-refractivity contribution is -0.121. The Bertz CT molecular complexity index is 460. The van der Waals surface area contributed by atoms with Gasteiger partial charge in [-0.05, 0) is 25.1 Å². The summed E-state index contributed by atoms with van der Waals surface area (Å²) in [5, 5.41) is 3.32. The minimum atomic E-state index is -0.0603. The van der Waals surface area contributed by atoms with Crippen LogP contribution in [0.4, 0.5) is 5.69 Å². The number of anilines is 1. The molecule has 0 bridgehead atoms. The second-order valence-corrected chi connectivity index (χ2v) is 5.14. The smallest absolute Gasteiger partial charge is 0.245 e. The van der Waals surface area contributed by atoms with Gasteiger partial charge in [-0.25, -0.2) is 0 Å². The molecule has 0 spiro atoms. The van der Waals surface area contributed by atoms with E-state index in [1.807, 2.05) is 23.1 Å². The Hall–Kier alpha value is -1.39. The zero-order chi connectivity index (χ0) is 12.5. The first kappa shape index (κ1) is 11.7. The summed E-state index contributed by atoms with van der Waals surface area (Å²) in [5.74, 6) is 0.214. The molecule has 1 unspecified atom stereocenters. The number of piperazine rings is 1. The molecular weight excluding hydrogens is 226 g/mol. The van der Waals surface area contributed by atoms with E-state index in [9.17, 15) is 4.79 Å². The second-order valence-electron chi connectivity index (χ2n) is 5.14. The maximum atomic E-state index is 12.5. The fraction of sp³-hybridized carbons (Fsp3) is 0.500. The number of nitrogens with one attached hydrogen (secondary N) is 1. The fourth-order valence-corrected chi connectivity index (χ4v) is 2.82. The van der Waals surface area contributed by atoms with Gasteiger partial charge in [-0.3, -0.25) is 4.79 Å². The molecule has 1 N–H and O–H groups in total. The molecule has 1 saturated heterocycles. The highest BCUT2D eigenvalue weighted by Gasteiger charge is 2.31. The molecule has 0 saturated carbocycles. The van der Waals surface area contributed by atoms with E-state index < -0.39 is 0 Å². The minimum Gasteiger partial charge on any atom is -0.310 e. The topological polar surface area (TPSA) is 35.6 Å². The lowest BCUT2D eigenvalue weighted by Crippen LogP contribution is -2.56. The van der Waals surface area contributed by atoms with Gasteiger partial charge in [0.25, 0.3) is 0 Å². The van der Waals surface area contributed by atoms with Crippen molar-refractivity contribution in [3.05, 3.63) is 29.8 Å². The number of rotatable bonds is 1. The van der Waals surface area contributed by atoms with E-state index in [1.165, 1.54) is 5.56 Å². The van der Waals surface area contributed by atoms with Crippen molar-refractivity contribution >= 4 is 11.6 Å². The molecule has 96 valence electrons. The van der Waals surface area contributed by atoms with Crippen molar-refractivity contribution in [3.8, 4) is 0 Å². The van der Waals surface area contributed by atoms with Gasteiger partial charge in [0.2, 0.25) is 5.91 Å². The third kappa shape index (κ3) is 2.02. The molecule has 1 fully saturated rings. The molecule has 3 rings (SSSR count). The van der Waals surface area contributed by atoms with Crippen molar-refractivity contribution in [1.82, 2.24) is 10.2 Å². The first-order valence-electron chi connectivity index (χ1n) is 6.57. The molecule has 0 aliphatic carbocycles. The van der Waals surface area contributed by atoms with Crippen LogP contribution in [-0.2, 0) is 11.2 Å². The van der Waals surface area contributed by atoms with E-state index in [4.69, 9.17) is 0 Å². The number of para-hydroxylation sites is 1. The van der Waals surface area contributed by atoms with Crippen LogP contribution in [0.2, 0.25) is 0 Å². The van der Waals surface area contributed by atoms with E-state index in [-0.39, 0.29) is 11.9 Å². The van der Waals surface area contributed by atoms with Crippen molar-refractivity contribution in [3.63, 3.8) is 0 Å². The number of carbonyl (C=O) groups excluding carboxylic acids is 1. The highest BCUT2D eigenvalue weighted by Crippen LogP contribution is 2.28. The van der Waals surface area contributed by atoms with Crippen molar-refractivity contribution in [2.45, 2.75) is 12.5 Å². The average molecular weight is 245 g/mol. The molecule has 2 heterocycles. The molecule has 1 amide bonds. The highest BCUT2D eigenvalue weighted by molar-refractivity contribution is 5.99. The average Bonchev–Trinajstić information content (AvgIpc) is 2.82. The first-order valence-corrected chi connectivity index (χ1v) is 6.57. The third-order valence-corrected chi connectivity index (χ3v) is 3.83. The summed E-state index contributed by atoms with van der Waals surface area (Å²) < 4.78 is 0. The Labute approximate surface area is 108 Å². The quantitative estimate of drug-likeness (QED) is 0.781. The second kappa shape index (κ2) is 4.71. The van der Waals surface area contributed by atoms with E-state index in [0.29, 0.717) is 0 Å². The van der Waals surface area contributed by atoms with Crippen molar-refractivity contribution in [2.24, 2.45) is 0 Å². The molecule has 2 aliphatic heterocycles. The van der Waals surface area contributed by atoms with Crippen molar-refractivity contribution in [1.29, 1.82) is 0 Å². The van der Waals surface area contributed by atoms with Crippen LogP contribution in [0.3, 0.4) is 0 Å². The van der Waals surface area contributed by atoms with Crippen LogP contribution < -0.4 is 10.2 Å². The lowest BCUT2D eigenvalue weighted by atomic mass is 10.1. The van der Waals surface area contributed by atoms with Crippen LogP contribution in [0, 0.1) is 0 Å². The summed E-state index contributed by atoms with van der Waals surface area (Å²) in [6.07, 6.45) is 0.977. The Morgan fingerprint density at radius 3 is 3.00 bits per heavy atom. The minimum absolute atomic E-state index is 0.0603. The molecular formula is C14H19N3O. The van der Waals surface area contributed by atoms with Gasteiger partial charge in [0.15, 0.2) is 0 Å². The maximum Gasteiger partial charge on any atom is 0.245 e. The summed E-state index contributed by atoms with van der Waals surface area (Å²) in [4.78, 5) is 16.7. The van der Waals surface area contributed by atoms with Crippen LogP contribution in [0.5, 0.6) is 0 Å². The zero-order valence-electron chi connectivity index (χ0n) is 10.7. The van der Waals surface area contributed by atoms with Gasteiger partial charge >= 0.3 is 0 Å². The Morgan fingerprint density at radius 2 is 2.17 bits per heavy atom. The monoisotopic (exact) mass is 245 g/mol. The van der Waals surface area contributed by atoms with Crippen molar-refractivity contribution in [2.75, 3.05) is 38.1 Å². The van der Waals surface area contributed by atoms with Gasteiger partial charge in [0, 0.05) is 31.9 Å². The van der Waals surface area contributed by atoms with Gasteiger partial charge in [-0.2, -0.15) is 0 Å². The first-order chi connectivity index (χ1) is 8.75. The predicted molar refractivity (Wildman–Crippen MR) is 71.8 cm³/mol. The predicted octanol–water partition coefficient (Wildman–Crippen LogP) is 0.479. The molecule has 0 radical (unpaired) electrons. The van der Waals surface area contributed by atoms with Crippen LogP contribution in [0.25, 0.3) is 0 Å². The van der Waals surface area contributed by atoms with Crippen LogP contribution in [0.15, 0.2) is 24.3 Å². The van der Waals surface area contributed by atoms with Gasteiger partial charge < -0.3 is 15.1 Å². The third-order valence-electron chi connectivity index (χ3n) is 3.83. The summed E-state index contributed by atoms with van der Waals surface area (Å²) in [6, 6.07) is 8.15. The summed E-state index contributed by atoms with van der Waals surface area (Å²) in [6.45, 7) is 3.53. The Balaban J connectivity index is 1.78. The molecule has 1 atom stereocenters. The Kier molecular flexibility index (Phi) is 3.06. The summed E-state index contributed by atoms with van der Waals surface area (Å²) in [5.41, 5.74) is 2.38. The van der Waals surface area contributed by atoms with E-state index >= 15 is 0 Å². The molecule has 4 heteroatoms. The van der Waals surface area contributed by atoms with Crippen LogP contribution in [0.1, 0.15) is 5.56 Å². The maximum absolute atomic E-state index is 12.5. The molecule has 0 aromatic heterocycles. The van der Waals surface area contributed by atoms with Gasteiger partial charge in [-0.1, -0.05) is 18.2 Å². The molecule has 18 heavy (non-hydrogen) atoms. The summed E-state index contributed by atoms with van der Waals surface area (Å²) in [7, 11) is 2.07. The van der Waals surface area contributed by atoms with E-state index in [1.54, 1.807) is 0 Å².